The van der Waals surface area contributed by atoms with E-state index in [0.717, 1.165) is 11.1 Å². The van der Waals surface area contributed by atoms with Crippen molar-refractivity contribution in [2.75, 3.05) is 18.4 Å². The highest BCUT2D eigenvalue weighted by atomic mass is 35.5. The van der Waals surface area contributed by atoms with Gasteiger partial charge in [-0.05, 0) is 30.2 Å². The maximum absolute atomic E-state index is 12.9. The second-order valence-electron chi connectivity index (χ2n) is 7.16. The van der Waals surface area contributed by atoms with E-state index in [1.807, 2.05) is 31.2 Å². The van der Waals surface area contributed by atoms with Crippen LogP contribution in [0.25, 0.3) is 0 Å². The van der Waals surface area contributed by atoms with Gasteiger partial charge in [-0.15, -0.1) is 0 Å². The van der Waals surface area contributed by atoms with Crippen LogP contribution >= 0.6 is 23.2 Å². The van der Waals surface area contributed by atoms with Crippen molar-refractivity contribution in [3.05, 3.63) is 75.5 Å². The first kappa shape index (κ1) is 24.3. The minimum atomic E-state index is -3.87. The van der Waals surface area contributed by atoms with Gasteiger partial charge in [0.15, 0.2) is 0 Å². The van der Waals surface area contributed by atoms with Crippen LogP contribution in [-0.2, 0) is 16.6 Å². The number of amides is 1. The van der Waals surface area contributed by atoms with E-state index in [1.165, 1.54) is 22.6 Å². The molecule has 10 heteroatoms. The summed E-state index contributed by atoms with van der Waals surface area (Å²) in [6.45, 7) is 6.59. The Hall–Kier alpha value is -2.39. The lowest BCUT2D eigenvalue weighted by Crippen LogP contribution is -2.31. The van der Waals surface area contributed by atoms with Crippen LogP contribution in [0, 0.1) is 6.92 Å². The lowest BCUT2D eigenvalue weighted by atomic mass is 10.1. The van der Waals surface area contributed by atoms with Crippen molar-refractivity contribution in [3.63, 3.8) is 0 Å². The Morgan fingerprint density at radius 2 is 1.81 bits per heavy atom. The second-order valence-corrected chi connectivity index (χ2v) is 9.88. The molecule has 1 amide bonds. The third-order valence-corrected chi connectivity index (χ3v) is 7.90. The van der Waals surface area contributed by atoms with Crippen molar-refractivity contribution < 1.29 is 13.2 Å². The quantitative estimate of drug-likeness (QED) is 0.485. The van der Waals surface area contributed by atoms with Gasteiger partial charge in [-0.3, -0.25) is 9.48 Å². The molecule has 2 aromatic carbocycles. The highest BCUT2D eigenvalue weighted by molar-refractivity contribution is 7.89. The number of carbonyl (C=O) groups is 1. The van der Waals surface area contributed by atoms with Gasteiger partial charge in [0.1, 0.15) is 4.90 Å². The SMILES string of the molecule is CCN(CC)S(=O)(=O)c1cc(C(=O)Nc2cnn(Cc3ccccc3C)c2)c(Cl)cc1Cl. The molecule has 0 spiro atoms. The number of anilines is 1. The van der Waals surface area contributed by atoms with Gasteiger partial charge in [0.2, 0.25) is 10.0 Å². The van der Waals surface area contributed by atoms with Gasteiger partial charge >= 0.3 is 0 Å². The number of nitrogens with one attached hydrogen (secondary N) is 1. The van der Waals surface area contributed by atoms with E-state index < -0.39 is 15.9 Å². The van der Waals surface area contributed by atoms with E-state index in [1.54, 1.807) is 24.7 Å². The first-order chi connectivity index (χ1) is 15.2. The summed E-state index contributed by atoms with van der Waals surface area (Å²) >= 11 is 12.4. The maximum Gasteiger partial charge on any atom is 0.257 e. The lowest BCUT2D eigenvalue weighted by Gasteiger charge is -2.20. The molecule has 0 aliphatic rings. The van der Waals surface area contributed by atoms with Crippen molar-refractivity contribution in [2.24, 2.45) is 0 Å². The Labute approximate surface area is 198 Å². The number of aromatic nitrogens is 2. The number of carbonyl (C=O) groups excluding carboxylic acids is 1. The Morgan fingerprint density at radius 3 is 2.47 bits per heavy atom. The second kappa shape index (κ2) is 10.0. The molecule has 0 radical (unpaired) electrons. The molecule has 1 heterocycles. The summed E-state index contributed by atoms with van der Waals surface area (Å²) in [6.07, 6.45) is 3.22. The van der Waals surface area contributed by atoms with Crippen molar-refractivity contribution in [3.8, 4) is 0 Å². The number of aryl methyl sites for hydroxylation is 1. The van der Waals surface area contributed by atoms with Crippen LogP contribution in [-0.4, -0.2) is 41.5 Å². The Morgan fingerprint density at radius 1 is 1.12 bits per heavy atom. The van der Waals surface area contributed by atoms with Crippen molar-refractivity contribution in [1.82, 2.24) is 14.1 Å². The van der Waals surface area contributed by atoms with Crippen LogP contribution < -0.4 is 5.32 Å². The highest BCUT2D eigenvalue weighted by Crippen LogP contribution is 2.31. The topological polar surface area (TPSA) is 84.3 Å². The molecule has 0 aliphatic heterocycles. The number of hydrogen-bond acceptors (Lipinski definition) is 4. The zero-order valence-electron chi connectivity index (χ0n) is 18.0. The predicted octanol–water partition coefficient (Wildman–Crippen LogP) is 4.83. The summed E-state index contributed by atoms with van der Waals surface area (Å²) < 4.78 is 28.8. The van der Waals surface area contributed by atoms with Crippen LogP contribution in [0.1, 0.15) is 35.3 Å². The van der Waals surface area contributed by atoms with Crippen LogP contribution in [0.5, 0.6) is 0 Å². The molecule has 3 rings (SSSR count). The molecule has 7 nitrogen and oxygen atoms in total. The highest BCUT2D eigenvalue weighted by Gasteiger charge is 2.27. The molecule has 1 N–H and O–H groups in total. The van der Waals surface area contributed by atoms with Gasteiger partial charge in [-0.1, -0.05) is 61.3 Å². The smallest absolute Gasteiger partial charge is 0.257 e. The molecule has 0 saturated carbocycles. The minimum absolute atomic E-state index is 0.00783. The molecule has 0 atom stereocenters. The van der Waals surface area contributed by atoms with Gasteiger partial charge in [-0.2, -0.15) is 9.40 Å². The molecule has 170 valence electrons. The molecule has 1 aromatic heterocycles. The molecule has 0 aliphatic carbocycles. The Kier molecular flexibility index (Phi) is 7.61. The average Bonchev–Trinajstić information content (AvgIpc) is 3.17. The van der Waals surface area contributed by atoms with Gasteiger partial charge in [-0.25, -0.2) is 8.42 Å². The summed E-state index contributed by atoms with van der Waals surface area (Å²) in [6, 6.07) is 10.5. The zero-order chi connectivity index (χ0) is 23.5. The first-order valence-electron chi connectivity index (χ1n) is 10.0. The van der Waals surface area contributed by atoms with Crippen LogP contribution in [0.2, 0.25) is 10.0 Å². The summed E-state index contributed by atoms with van der Waals surface area (Å²) in [7, 11) is -3.87. The van der Waals surface area contributed by atoms with E-state index in [0.29, 0.717) is 12.2 Å². The monoisotopic (exact) mass is 494 g/mol. The summed E-state index contributed by atoms with van der Waals surface area (Å²) in [5.74, 6) is -0.557. The van der Waals surface area contributed by atoms with Gasteiger partial charge in [0, 0.05) is 19.3 Å². The van der Waals surface area contributed by atoms with Gasteiger partial charge in [0.05, 0.1) is 34.0 Å². The van der Waals surface area contributed by atoms with Crippen LogP contribution in [0.3, 0.4) is 0 Å². The largest absolute Gasteiger partial charge is 0.319 e. The average molecular weight is 495 g/mol. The van der Waals surface area contributed by atoms with E-state index in [-0.39, 0.29) is 33.6 Å². The zero-order valence-corrected chi connectivity index (χ0v) is 20.3. The van der Waals surface area contributed by atoms with Crippen LogP contribution in [0.15, 0.2) is 53.7 Å². The molecular weight excluding hydrogens is 471 g/mol. The van der Waals surface area contributed by atoms with E-state index in [9.17, 15) is 13.2 Å². The van der Waals surface area contributed by atoms with Crippen LogP contribution in [0.4, 0.5) is 5.69 Å². The third kappa shape index (κ3) is 5.15. The number of rotatable bonds is 8. The fourth-order valence-corrected chi connectivity index (χ4v) is 5.57. The third-order valence-electron chi connectivity index (χ3n) is 5.07. The van der Waals surface area contributed by atoms with Gasteiger partial charge < -0.3 is 5.32 Å². The van der Waals surface area contributed by atoms with Crippen molar-refractivity contribution in [1.29, 1.82) is 0 Å². The Balaban J connectivity index is 1.84. The molecule has 0 fully saturated rings. The minimum Gasteiger partial charge on any atom is -0.319 e. The molecule has 0 bridgehead atoms. The van der Waals surface area contributed by atoms with E-state index >= 15 is 0 Å². The fourth-order valence-electron chi connectivity index (χ4n) is 3.28. The summed E-state index contributed by atoms with van der Waals surface area (Å²) in [5.41, 5.74) is 2.72. The molecular formula is C22H24Cl2N4O3S. The van der Waals surface area contributed by atoms with Crippen molar-refractivity contribution >= 4 is 44.8 Å². The number of hydrogen-bond donors (Lipinski definition) is 1. The molecule has 32 heavy (non-hydrogen) atoms. The lowest BCUT2D eigenvalue weighted by molar-refractivity contribution is 0.102. The fraction of sp³-hybridized carbons (Fsp3) is 0.273. The molecule has 0 saturated heterocycles. The first-order valence-corrected chi connectivity index (χ1v) is 12.2. The number of sulfonamides is 1. The van der Waals surface area contributed by atoms with Crippen molar-refractivity contribution in [2.45, 2.75) is 32.2 Å². The molecule has 0 unspecified atom stereocenters. The summed E-state index contributed by atoms with van der Waals surface area (Å²) in [5, 5.41) is 7.02. The van der Waals surface area contributed by atoms with E-state index in [2.05, 4.69) is 10.4 Å². The number of nitrogens with zero attached hydrogens (tertiary/aromatic N) is 3. The normalized spacial score (nSPS) is 11.7. The number of halogens is 2. The summed E-state index contributed by atoms with van der Waals surface area (Å²) in [4.78, 5) is 12.7. The standard InChI is InChI=1S/C22H24Cl2N4O3S/c1-4-28(5-2)32(30,31)21-10-18(19(23)11-20(21)24)22(29)26-17-12-25-27(14-17)13-16-9-7-6-8-15(16)3/h6-12,14H,4-5,13H2,1-3H3,(H,26,29). The molecule has 3 aromatic rings. The maximum atomic E-state index is 12.9. The predicted molar refractivity (Wildman–Crippen MR) is 127 cm³/mol. The number of benzene rings is 2. The Bertz CT molecular complexity index is 1240. The van der Waals surface area contributed by atoms with E-state index in [4.69, 9.17) is 23.2 Å². The van der Waals surface area contributed by atoms with Gasteiger partial charge in [0.25, 0.3) is 5.91 Å².